The quantitative estimate of drug-likeness (QED) is 0.498. The molecule has 0 unspecified atom stereocenters. The van der Waals surface area contributed by atoms with E-state index < -0.39 is 0 Å². The van der Waals surface area contributed by atoms with Crippen molar-refractivity contribution in [2.45, 2.75) is 20.5 Å². The lowest BCUT2D eigenvalue weighted by Gasteiger charge is -2.12. The Bertz CT molecular complexity index is 1060. The van der Waals surface area contributed by atoms with Gasteiger partial charge in [0.2, 0.25) is 5.88 Å². The van der Waals surface area contributed by atoms with Gasteiger partial charge in [0, 0.05) is 22.4 Å². The van der Waals surface area contributed by atoms with Crippen molar-refractivity contribution in [1.82, 2.24) is 0 Å². The number of ether oxygens (including phenoxy) is 2. The zero-order chi connectivity index (χ0) is 20.1. The van der Waals surface area contributed by atoms with E-state index in [1.54, 1.807) is 25.5 Å². The first-order valence-corrected chi connectivity index (χ1v) is 8.99. The van der Waals surface area contributed by atoms with Crippen LogP contribution in [0.25, 0.3) is 0 Å². The van der Waals surface area contributed by atoms with E-state index in [0.717, 1.165) is 16.7 Å². The molecule has 0 atom stereocenters. The van der Waals surface area contributed by atoms with Crippen LogP contribution in [-0.4, -0.2) is 13.3 Å². The zero-order valence-corrected chi connectivity index (χ0v) is 16.6. The lowest BCUT2D eigenvalue weighted by molar-refractivity contribution is 0.284. The van der Waals surface area contributed by atoms with Crippen LogP contribution in [0.15, 0.2) is 51.9 Å². The third-order valence-electron chi connectivity index (χ3n) is 4.34. The molecule has 142 valence electrons. The van der Waals surface area contributed by atoms with Crippen LogP contribution in [0, 0.1) is 25.2 Å². The van der Waals surface area contributed by atoms with Crippen molar-refractivity contribution < 1.29 is 13.9 Å². The van der Waals surface area contributed by atoms with E-state index in [1.165, 1.54) is 0 Å². The molecule has 0 spiro atoms. The topological polar surface area (TPSA) is 67.8 Å². The second-order valence-corrected chi connectivity index (χ2v) is 6.53. The molecular formula is C22H19ClN2O3. The van der Waals surface area contributed by atoms with Crippen molar-refractivity contribution >= 4 is 23.7 Å². The molecular weight excluding hydrogens is 376 g/mol. The number of aryl methyl sites for hydroxylation is 1. The van der Waals surface area contributed by atoms with Crippen molar-refractivity contribution in [1.29, 1.82) is 5.26 Å². The minimum atomic E-state index is 0.301. The minimum Gasteiger partial charge on any atom is -0.493 e. The summed E-state index contributed by atoms with van der Waals surface area (Å²) in [7, 11) is 1.58. The summed E-state index contributed by atoms with van der Waals surface area (Å²) in [5.74, 6) is 2.16. The van der Waals surface area contributed by atoms with Gasteiger partial charge in [0.15, 0.2) is 11.5 Å². The van der Waals surface area contributed by atoms with E-state index >= 15 is 0 Å². The Labute approximate surface area is 168 Å². The van der Waals surface area contributed by atoms with Gasteiger partial charge in [-0.3, -0.25) is 0 Å². The molecule has 0 bridgehead atoms. The summed E-state index contributed by atoms with van der Waals surface area (Å²) in [6.07, 6.45) is 1.62. The zero-order valence-electron chi connectivity index (χ0n) is 15.8. The maximum atomic E-state index is 9.27. The molecule has 0 aliphatic rings. The molecule has 2 aromatic carbocycles. The molecule has 0 saturated heterocycles. The van der Waals surface area contributed by atoms with Crippen molar-refractivity contribution in [2.24, 2.45) is 4.99 Å². The lowest BCUT2D eigenvalue weighted by Crippen LogP contribution is -1.99. The van der Waals surface area contributed by atoms with E-state index in [9.17, 15) is 5.26 Å². The summed E-state index contributed by atoms with van der Waals surface area (Å²) in [6, 6.07) is 15.1. The van der Waals surface area contributed by atoms with E-state index in [-0.39, 0.29) is 0 Å². The smallest absolute Gasteiger partial charge is 0.237 e. The van der Waals surface area contributed by atoms with Gasteiger partial charge in [-0.05, 0) is 43.7 Å². The number of hydrogen-bond donors (Lipinski definition) is 0. The molecule has 0 saturated carbocycles. The standard InChI is InChI=1S/C22H19ClN2O3/c1-14-15(2)28-22(18(14)11-24)25-12-16-8-9-20(21(10-16)26-3)27-13-17-6-4-5-7-19(17)23/h4-10,12H,13H2,1-3H3. The van der Waals surface area contributed by atoms with Gasteiger partial charge >= 0.3 is 0 Å². The van der Waals surface area contributed by atoms with Crippen molar-refractivity contribution in [3.63, 3.8) is 0 Å². The van der Waals surface area contributed by atoms with Crippen LogP contribution in [-0.2, 0) is 6.61 Å². The van der Waals surface area contributed by atoms with E-state index in [1.807, 2.05) is 44.2 Å². The summed E-state index contributed by atoms with van der Waals surface area (Å²) in [4.78, 5) is 4.31. The molecule has 0 N–H and O–H groups in total. The second-order valence-electron chi connectivity index (χ2n) is 6.12. The normalized spacial score (nSPS) is 10.8. The number of rotatable bonds is 6. The summed E-state index contributed by atoms with van der Waals surface area (Å²) < 4.78 is 16.8. The fraction of sp³-hybridized carbons (Fsp3) is 0.182. The van der Waals surface area contributed by atoms with Crippen molar-refractivity contribution in [3.8, 4) is 17.6 Å². The Balaban J connectivity index is 1.79. The third-order valence-corrected chi connectivity index (χ3v) is 4.71. The van der Waals surface area contributed by atoms with Crippen LogP contribution in [0.4, 0.5) is 5.88 Å². The van der Waals surface area contributed by atoms with Crippen molar-refractivity contribution in [2.75, 3.05) is 7.11 Å². The Hall–Kier alpha value is -3.23. The first kappa shape index (κ1) is 19.5. The molecule has 6 heteroatoms. The largest absolute Gasteiger partial charge is 0.493 e. The Morgan fingerprint density at radius 1 is 1.18 bits per heavy atom. The Morgan fingerprint density at radius 3 is 2.68 bits per heavy atom. The molecule has 0 radical (unpaired) electrons. The SMILES string of the molecule is COc1cc(C=Nc2oc(C)c(C)c2C#N)ccc1OCc1ccccc1Cl. The fourth-order valence-electron chi connectivity index (χ4n) is 2.62. The first-order valence-electron chi connectivity index (χ1n) is 8.62. The minimum absolute atomic E-state index is 0.301. The number of aliphatic imine (C=N–C) groups is 1. The summed E-state index contributed by atoms with van der Waals surface area (Å²) in [5.41, 5.74) is 2.93. The predicted molar refractivity (Wildman–Crippen MR) is 109 cm³/mol. The molecule has 1 heterocycles. The second kappa shape index (κ2) is 8.64. The van der Waals surface area contributed by atoms with Crippen LogP contribution in [0.5, 0.6) is 11.5 Å². The highest BCUT2D eigenvalue weighted by atomic mass is 35.5. The molecule has 0 aliphatic heterocycles. The number of hydrogen-bond acceptors (Lipinski definition) is 5. The van der Waals surface area contributed by atoms with Crippen LogP contribution < -0.4 is 9.47 Å². The van der Waals surface area contributed by atoms with Gasteiger partial charge in [-0.1, -0.05) is 29.8 Å². The molecule has 0 fully saturated rings. The van der Waals surface area contributed by atoms with E-state index in [0.29, 0.717) is 40.3 Å². The summed E-state index contributed by atoms with van der Waals surface area (Å²) >= 11 is 6.17. The molecule has 0 amide bonds. The van der Waals surface area contributed by atoms with Gasteiger partial charge in [0.05, 0.1) is 7.11 Å². The van der Waals surface area contributed by atoms with Crippen LogP contribution in [0.1, 0.15) is 28.0 Å². The number of nitriles is 1. The molecule has 5 nitrogen and oxygen atoms in total. The molecule has 3 aromatic rings. The highest BCUT2D eigenvalue weighted by Gasteiger charge is 2.13. The van der Waals surface area contributed by atoms with Gasteiger partial charge in [-0.25, -0.2) is 4.99 Å². The highest BCUT2D eigenvalue weighted by Crippen LogP contribution is 2.31. The van der Waals surface area contributed by atoms with E-state index in [4.69, 9.17) is 25.5 Å². The fourth-order valence-corrected chi connectivity index (χ4v) is 2.81. The van der Waals surface area contributed by atoms with Gasteiger partial charge in [0.1, 0.15) is 24.0 Å². The summed E-state index contributed by atoms with van der Waals surface area (Å²) in [5, 5.41) is 9.93. The highest BCUT2D eigenvalue weighted by molar-refractivity contribution is 6.31. The van der Waals surface area contributed by atoms with Crippen LogP contribution >= 0.6 is 11.6 Å². The average Bonchev–Trinajstić information content (AvgIpc) is 2.99. The third kappa shape index (κ3) is 4.19. The maximum Gasteiger partial charge on any atom is 0.237 e. The van der Waals surface area contributed by atoms with Crippen LogP contribution in [0.2, 0.25) is 5.02 Å². The molecule has 1 aromatic heterocycles. The average molecular weight is 395 g/mol. The predicted octanol–water partition coefficient (Wildman–Crippen LogP) is 5.76. The monoisotopic (exact) mass is 394 g/mol. The number of benzene rings is 2. The first-order chi connectivity index (χ1) is 13.5. The van der Waals surface area contributed by atoms with Gasteiger partial charge in [-0.15, -0.1) is 0 Å². The number of halogens is 1. The number of furan rings is 1. The van der Waals surface area contributed by atoms with Gasteiger partial charge < -0.3 is 13.9 Å². The van der Waals surface area contributed by atoms with Crippen LogP contribution in [0.3, 0.4) is 0 Å². The molecule has 3 rings (SSSR count). The van der Waals surface area contributed by atoms with Gasteiger partial charge in [-0.2, -0.15) is 5.26 Å². The van der Waals surface area contributed by atoms with E-state index in [2.05, 4.69) is 11.1 Å². The number of methoxy groups -OCH3 is 1. The summed E-state index contributed by atoms with van der Waals surface area (Å²) in [6.45, 7) is 3.98. The number of nitrogens with zero attached hydrogens (tertiary/aromatic N) is 2. The Kier molecular flexibility index (Phi) is 6.03. The maximum absolute atomic E-state index is 9.27. The Morgan fingerprint density at radius 2 is 1.96 bits per heavy atom. The molecule has 28 heavy (non-hydrogen) atoms. The lowest BCUT2D eigenvalue weighted by atomic mass is 10.2. The van der Waals surface area contributed by atoms with Gasteiger partial charge in [0.25, 0.3) is 0 Å². The molecule has 0 aliphatic carbocycles. The van der Waals surface area contributed by atoms with Crippen molar-refractivity contribution in [3.05, 3.63) is 75.5 Å².